The first kappa shape index (κ1) is 12.2. The zero-order chi connectivity index (χ0) is 11.6. The van der Waals surface area contributed by atoms with Crippen molar-refractivity contribution in [1.29, 1.82) is 0 Å². The third-order valence-corrected chi connectivity index (χ3v) is 3.35. The van der Waals surface area contributed by atoms with E-state index in [1.165, 1.54) is 4.57 Å². The Labute approximate surface area is 96.5 Å². The molecule has 1 heterocycles. The Morgan fingerprint density at radius 3 is 2.47 bits per heavy atom. The molecule has 1 atom stereocenters. The third-order valence-electron chi connectivity index (χ3n) is 2.53. The quantitative estimate of drug-likeness (QED) is 0.915. The second kappa shape index (κ2) is 4.79. The van der Waals surface area contributed by atoms with E-state index in [1.54, 1.807) is 0 Å². The smallest absolute Gasteiger partial charge is 0.310 e. The van der Waals surface area contributed by atoms with Crippen molar-refractivity contribution in [2.75, 3.05) is 0 Å². The molecule has 0 fully saturated rings. The van der Waals surface area contributed by atoms with Crippen LogP contribution in [0.25, 0.3) is 0 Å². The second-order valence-corrected chi connectivity index (χ2v) is 4.30. The molecule has 15 heavy (non-hydrogen) atoms. The van der Waals surface area contributed by atoms with Gasteiger partial charge in [0.2, 0.25) is 0 Å². The molecule has 1 unspecified atom stereocenters. The Hall–Kier alpha value is -0.840. The molecule has 0 aromatic carbocycles. The molecular weight excluding hydrogens is 260 g/mol. The van der Waals surface area contributed by atoms with Gasteiger partial charge in [0, 0.05) is 11.7 Å². The number of aryl methyl sites for hydroxylation is 1. The van der Waals surface area contributed by atoms with Gasteiger partial charge in [0.05, 0.1) is 0 Å². The number of H-pyrrole nitrogens is 1. The summed E-state index contributed by atoms with van der Waals surface area (Å²) < 4.78 is 1.72. The Bertz CT molecular complexity index is 461. The topological polar surface area (TPSA) is 54.9 Å². The van der Waals surface area contributed by atoms with E-state index >= 15 is 0 Å². The molecule has 1 N–H and O–H groups in total. The molecule has 84 valence electrons. The lowest BCUT2D eigenvalue weighted by Crippen LogP contribution is -2.38. The van der Waals surface area contributed by atoms with E-state index in [1.807, 2.05) is 20.8 Å². The van der Waals surface area contributed by atoms with Gasteiger partial charge >= 0.3 is 5.69 Å². The fourth-order valence-corrected chi connectivity index (χ4v) is 1.97. The fourth-order valence-electron chi connectivity index (χ4n) is 1.40. The summed E-state index contributed by atoms with van der Waals surface area (Å²) in [5.41, 5.74) is 0.0869. The monoisotopic (exact) mass is 274 g/mol. The summed E-state index contributed by atoms with van der Waals surface area (Å²) >= 11 is 3.22. The Kier molecular flexibility index (Phi) is 3.90. The zero-order valence-corrected chi connectivity index (χ0v) is 10.7. The average Bonchev–Trinajstić information content (AvgIpc) is 2.23. The van der Waals surface area contributed by atoms with Crippen LogP contribution < -0.4 is 11.2 Å². The van der Waals surface area contributed by atoms with Gasteiger partial charge in [0.15, 0.2) is 0 Å². The van der Waals surface area contributed by atoms with Crippen LogP contribution in [0.15, 0.2) is 14.1 Å². The minimum Gasteiger partial charge on any atom is -0.310 e. The predicted octanol–water partition coefficient (Wildman–Crippen LogP) is 1.83. The second-order valence-electron chi connectivity index (χ2n) is 3.51. The molecule has 0 spiro atoms. The molecule has 0 aliphatic rings. The van der Waals surface area contributed by atoms with Crippen molar-refractivity contribution in [2.45, 2.75) is 39.7 Å². The van der Waals surface area contributed by atoms with Gasteiger partial charge in [-0.25, -0.2) is 4.79 Å². The number of nitrogens with one attached hydrogen (secondary N) is 1. The number of aromatic nitrogens is 2. The average molecular weight is 275 g/mol. The number of aromatic amines is 1. The van der Waals surface area contributed by atoms with Gasteiger partial charge in [-0.1, -0.05) is 13.8 Å². The van der Waals surface area contributed by atoms with E-state index in [9.17, 15) is 9.59 Å². The number of halogens is 1. The summed E-state index contributed by atoms with van der Waals surface area (Å²) in [6.45, 7) is 5.69. The molecule has 4 nitrogen and oxygen atoms in total. The van der Waals surface area contributed by atoms with Gasteiger partial charge in [-0.15, -0.1) is 0 Å². The van der Waals surface area contributed by atoms with Crippen molar-refractivity contribution in [2.24, 2.45) is 0 Å². The van der Waals surface area contributed by atoms with Crippen molar-refractivity contribution < 1.29 is 0 Å². The highest BCUT2D eigenvalue weighted by Gasteiger charge is 2.13. The van der Waals surface area contributed by atoms with Crippen molar-refractivity contribution in [3.8, 4) is 0 Å². The molecule has 0 amide bonds. The first-order chi connectivity index (χ1) is 7.02. The van der Waals surface area contributed by atoms with Crippen LogP contribution in [0.2, 0.25) is 0 Å². The normalized spacial score (nSPS) is 12.8. The summed E-state index contributed by atoms with van der Waals surface area (Å²) in [6.07, 6.45) is 1.38. The molecule has 0 aliphatic heterocycles. The van der Waals surface area contributed by atoms with Gasteiger partial charge in [0.25, 0.3) is 5.56 Å². The molecular formula is C10H15BrN2O2. The number of rotatable bonds is 3. The molecule has 0 bridgehead atoms. The molecule has 5 heteroatoms. The summed E-state index contributed by atoms with van der Waals surface area (Å²) in [4.78, 5) is 26.2. The van der Waals surface area contributed by atoms with Crippen LogP contribution in [0.5, 0.6) is 0 Å². The van der Waals surface area contributed by atoms with Crippen LogP contribution in [-0.2, 0) is 6.42 Å². The Morgan fingerprint density at radius 2 is 2.00 bits per heavy atom. The van der Waals surface area contributed by atoms with E-state index in [0.717, 1.165) is 6.42 Å². The van der Waals surface area contributed by atoms with Gasteiger partial charge < -0.3 is 4.98 Å². The van der Waals surface area contributed by atoms with E-state index in [2.05, 4.69) is 20.9 Å². The van der Waals surface area contributed by atoms with Gasteiger partial charge in [-0.05, 0) is 35.7 Å². The van der Waals surface area contributed by atoms with Crippen molar-refractivity contribution in [1.82, 2.24) is 9.55 Å². The SMILES string of the molecule is CCc1[nH]c(=O)n(C(C)CC)c(=O)c1Br. The molecule has 1 rings (SSSR count). The van der Waals surface area contributed by atoms with E-state index in [0.29, 0.717) is 16.6 Å². The molecule has 1 aromatic rings. The number of hydrogen-bond acceptors (Lipinski definition) is 2. The van der Waals surface area contributed by atoms with Crippen molar-refractivity contribution >= 4 is 15.9 Å². The lowest BCUT2D eigenvalue weighted by molar-refractivity contribution is 0.485. The number of hydrogen-bond donors (Lipinski definition) is 1. The predicted molar refractivity (Wildman–Crippen MR) is 63.4 cm³/mol. The maximum atomic E-state index is 11.9. The molecule has 0 radical (unpaired) electrons. The zero-order valence-electron chi connectivity index (χ0n) is 9.13. The largest absolute Gasteiger partial charge is 0.328 e. The van der Waals surface area contributed by atoms with Crippen LogP contribution in [-0.4, -0.2) is 9.55 Å². The van der Waals surface area contributed by atoms with Crippen LogP contribution in [0, 0.1) is 0 Å². The lowest BCUT2D eigenvalue weighted by atomic mass is 10.2. The highest BCUT2D eigenvalue weighted by atomic mass is 79.9. The molecule has 0 saturated heterocycles. The van der Waals surface area contributed by atoms with E-state index in [-0.39, 0.29) is 17.3 Å². The lowest BCUT2D eigenvalue weighted by Gasteiger charge is -2.13. The third kappa shape index (κ3) is 2.22. The van der Waals surface area contributed by atoms with Crippen LogP contribution in [0.4, 0.5) is 0 Å². The maximum absolute atomic E-state index is 11.9. The van der Waals surface area contributed by atoms with Crippen LogP contribution in [0.1, 0.15) is 38.9 Å². The molecule has 0 aliphatic carbocycles. The molecule has 1 aromatic heterocycles. The number of nitrogens with zero attached hydrogens (tertiary/aromatic N) is 1. The van der Waals surface area contributed by atoms with E-state index < -0.39 is 0 Å². The van der Waals surface area contributed by atoms with Gasteiger partial charge in [-0.2, -0.15) is 0 Å². The van der Waals surface area contributed by atoms with Gasteiger partial charge in [-0.3, -0.25) is 9.36 Å². The summed E-state index contributed by atoms with van der Waals surface area (Å²) in [6, 6.07) is -0.0801. The van der Waals surface area contributed by atoms with Crippen LogP contribution >= 0.6 is 15.9 Å². The minimum atomic E-state index is -0.325. The van der Waals surface area contributed by atoms with E-state index in [4.69, 9.17) is 0 Å². The molecule has 0 saturated carbocycles. The van der Waals surface area contributed by atoms with Crippen molar-refractivity contribution in [3.05, 3.63) is 31.0 Å². The Balaban J connectivity index is 3.50. The highest BCUT2D eigenvalue weighted by molar-refractivity contribution is 9.10. The summed E-state index contributed by atoms with van der Waals surface area (Å²) in [7, 11) is 0. The minimum absolute atomic E-state index is 0.0801. The summed E-state index contributed by atoms with van der Waals surface area (Å²) in [5.74, 6) is 0. The highest BCUT2D eigenvalue weighted by Crippen LogP contribution is 2.10. The summed E-state index contributed by atoms with van der Waals surface area (Å²) in [5, 5.41) is 0. The first-order valence-electron chi connectivity index (χ1n) is 5.06. The first-order valence-corrected chi connectivity index (χ1v) is 5.85. The van der Waals surface area contributed by atoms with Crippen molar-refractivity contribution in [3.63, 3.8) is 0 Å². The standard InChI is InChI=1S/C10H15BrN2O2/c1-4-6(3)13-9(14)8(11)7(5-2)12-10(13)15/h6H,4-5H2,1-3H3,(H,12,15). The fraction of sp³-hybridized carbons (Fsp3) is 0.600. The van der Waals surface area contributed by atoms with Gasteiger partial charge in [0.1, 0.15) is 4.47 Å². The maximum Gasteiger partial charge on any atom is 0.328 e. The van der Waals surface area contributed by atoms with Crippen LogP contribution in [0.3, 0.4) is 0 Å². The Morgan fingerprint density at radius 1 is 1.40 bits per heavy atom.